The molecular weight excluding hydrogens is 367 g/mol. The predicted octanol–water partition coefficient (Wildman–Crippen LogP) is 4.08. The fourth-order valence-corrected chi connectivity index (χ4v) is 2.71. The van der Waals surface area contributed by atoms with Gasteiger partial charge in [-0.1, -0.05) is 30.3 Å². The third-order valence-corrected chi connectivity index (χ3v) is 3.90. The fourth-order valence-electron chi connectivity index (χ4n) is 1.86. The van der Waals surface area contributed by atoms with E-state index in [1.54, 1.807) is 13.2 Å². The molecule has 0 aliphatic heterocycles. The largest absolute Gasteiger partial charge is 0.495 e. The lowest BCUT2D eigenvalue weighted by atomic mass is 10.1. The van der Waals surface area contributed by atoms with E-state index in [9.17, 15) is 4.79 Å². The maximum Gasteiger partial charge on any atom is 0.163 e. The Morgan fingerprint density at radius 2 is 1.85 bits per heavy atom. The molecule has 4 heteroatoms. The Hall–Kier alpha value is -1.56. The van der Waals surface area contributed by atoms with E-state index in [0.717, 1.165) is 14.9 Å². The van der Waals surface area contributed by atoms with Crippen LogP contribution in [0.25, 0.3) is 0 Å². The zero-order chi connectivity index (χ0) is 14.5. The van der Waals surface area contributed by atoms with Crippen molar-refractivity contribution in [2.75, 3.05) is 7.11 Å². The first-order valence-electron chi connectivity index (χ1n) is 6.17. The number of Topliss-reactive ketones (excluding diaryl/α,β-unsaturated/α-hetero) is 1. The second-order valence-corrected chi connectivity index (χ2v) is 5.37. The zero-order valence-electron chi connectivity index (χ0n) is 11.4. The summed E-state index contributed by atoms with van der Waals surface area (Å²) in [6, 6.07) is 13.5. The molecule has 0 fully saturated rings. The molecule has 0 unspecified atom stereocenters. The maximum absolute atomic E-state index is 11.5. The minimum atomic E-state index is -0.0191. The van der Waals surface area contributed by atoms with Crippen LogP contribution < -0.4 is 9.47 Å². The van der Waals surface area contributed by atoms with Crippen LogP contribution in [0.4, 0.5) is 0 Å². The number of hydrogen-bond donors (Lipinski definition) is 0. The van der Waals surface area contributed by atoms with Gasteiger partial charge in [-0.15, -0.1) is 0 Å². The number of benzene rings is 2. The third-order valence-electron chi connectivity index (χ3n) is 2.88. The van der Waals surface area contributed by atoms with E-state index in [-0.39, 0.29) is 5.78 Å². The molecule has 0 radical (unpaired) electrons. The highest BCUT2D eigenvalue weighted by atomic mass is 127. The van der Waals surface area contributed by atoms with Crippen LogP contribution >= 0.6 is 22.6 Å². The minimum Gasteiger partial charge on any atom is -0.495 e. The molecule has 0 saturated carbocycles. The second kappa shape index (κ2) is 6.74. The van der Waals surface area contributed by atoms with Crippen LogP contribution in [0.5, 0.6) is 11.5 Å². The summed E-state index contributed by atoms with van der Waals surface area (Å²) >= 11 is 2.14. The van der Waals surface area contributed by atoms with Gasteiger partial charge in [0.25, 0.3) is 0 Å². The molecule has 0 aliphatic carbocycles. The third kappa shape index (κ3) is 3.30. The van der Waals surface area contributed by atoms with Gasteiger partial charge in [-0.2, -0.15) is 0 Å². The average Bonchev–Trinajstić information content (AvgIpc) is 2.46. The van der Waals surface area contributed by atoms with Crippen molar-refractivity contribution in [1.82, 2.24) is 0 Å². The number of methoxy groups -OCH3 is 1. The number of ketones is 1. The summed E-state index contributed by atoms with van der Waals surface area (Å²) < 4.78 is 11.9. The van der Waals surface area contributed by atoms with Gasteiger partial charge in [-0.25, -0.2) is 0 Å². The molecule has 0 aliphatic rings. The van der Waals surface area contributed by atoms with E-state index in [1.807, 2.05) is 36.4 Å². The lowest BCUT2D eigenvalue weighted by Crippen LogP contribution is -2.03. The Bertz CT molecular complexity index is 609. The molecule has 0 bridgehead atoms. The number of halogens is 1. The molecule has 0 saturated heterocycles. The van der Waals surface area contributed by atoms with Gasteiger partial charge < -0.3 is 9.47 Å². The van der Waals surface area contributed by atoms with E-state index in [1.165, 1.54) is 6.92 Å². The van der Waals surface area contributed by atoms with Gasteiger partial charge >= 0.3 is 0 Å². The van der Waals surface area contributed by atoms with E-state index in [2.05, 4.69) is 22.6 Å². The van der Waals surface area contributed by atoms with Crippen molar-refractivity contribution in [1.29, 1.82) is 0 Å². The molecule has 0 N–H and O–H groups in total. The first-order valence-corrected chi connectivity index (χ1v) is 7.25. The van der Waals surface area contributed by atoms with Crippen molar-refractivity contribution in [3.8, 4) is 11.5 Å². The summed E-state index contributed by atoms with van der Waals surface area (Å²) in [5, 5.41) is 0. The molecule has 3 nitrogen and oxygen atoms in total. The van der Waals surface area contributed by atoms with Crippen LogP contribution in [0.3, 0.4) is 0 Å². The SMILES string of the molecule is COc1c(C(C)=O)ccc(OCc2ccccc2)c1I. The Morgan fingerprint density at radius 1 is 1.15 bits per heavy atom. The average molecular weight is 382 g/mol. The van der Waals surface area contributed by atoms with Gasteiger partial charge in [0, 0.05) is 0 Å². The van der Waals surface area contributed by atoms with Crippen LogP contribution in [0.2, 0.25) is 0 Å². The fraction of sp³-hybridized carbons (Fsp3) is 0.188. The van der Waals surface area contributed by atoms with Gasteiger partial charge in [0.1, 0.15) is 18.1 Å². The quantitative estimate of drug-likeness (QED) is 0.578. The first-order chi connectivity index (χ1) is 9.63. The minimum absolute atomic E-state index is 0.0191. The molecule has 2 aromatic carbocycles. The van der Waals surface area contributed by atoms with Crippen molar-refractivity contribution in [2.45, 2.75) is 13.5 Å². The Balaban J connectivity index is 2.23. The monoisotopic (exact) mass is 382 g/mol. The molecule has 2 aromatic rings. The predicted molar refractivity (Wildman–Crippen MR) is 86.5 cm³/mol. The van der Waals surface area contributed by atoms with Crippen molar-refractivity contribution in [3.05, 3.63) is 57.2 Å². The smallest absolute Gasteiger partial charge is 0.163 e. The highest BCUT2D eigenvalue weighted by molar-refractivity contribution is 14.1. The summed E-state index contributed by atoms with van der Waals surface area (Å²) in [5.74, 6) is 1.27. The summed E-state index contributed by atoms with van der Waals surface area (Å²) in [6.07, 6.45) is 0. The second-order valence-electron chi connectivity index (χ2n) is 4.29. The van der Waals surface area contributed by atoms with Crippen molar-refractivity contribution in [2.24, 2.45) is 0 Å². The standard InChI is InChI=1S/C16H15IO3/c1-11(18)13-8-9-14(15(17)16(13)19-2)20-10-12-6-4-3-5-7-12/h3-9H,10H2,1-2H3. The topological polar surface area (TPSA) is 35.5 Å². The first kappa shape index (κ1) is 14.8. The number of carbonyl (C=O) groups is 1. The van der Waals surface area contributed by atoms with E-state index in [4.69, 9.17) is 9.47 Å². The summed E-state index contributed by atoms with van der Waals surface area (Å²) in [7, 11) is 1.56. The molecule has 0 atom stereocenters. The number of hydrogen-bond acceptors (Lipinski definition) is 3. The number of rotatable bonds is 5. The van der Waals surface area contributed by atoms with Gasteiger partial charge in [0.05, 0.1) is 16.2 Å². The van der Waals surface area contributed by atoms with Gasteiger partial charge in [0.2, 0.25) is 0 Å². The highest BCUT2D eigenvalue weighted by Crippen LogP contribution is 2.34. The molecular formula is C16H15IO3. The van der Waals surface area contributed by atoms with Crippen LogP contribution in [0, 0.1) is 3.57 Å². The molecule has 0 spiro atoms. The van der Waals surface area contributed by atoms with E-state index in [0.29, 0.717) is 17.9 Å². The summed E-state index contributed by atoms with van der Waals surface area (Å²) in [5.41, 5.74) is 1.67. The molecule has 104 valence electrons. The number of carbonyl (C=O) groups excluding carboxylic acids is 1. The Morgan fingerprint density at radius 3 is 2.45 bits per heavy atom. The van der Waals surface area contributed by atoms with Crippen molar-refractivity contribution < 1.29 is 14.3 Å². The molecule has 20 heavy (non-hydrogen) atoms. The van der Waals surface area contributed by atoms with Gasteiger partial charge in [-0.05, 0) is 47.2 Å². The van der Waals surface area contributed by atoms with Gasteiger partial charge in [-0.3, -0.25) is 4.79 Å². The van der Waals surface area contributed by atoms with Gasteiger partial charge in [0.15, 0.2) is 5.78 Å². The highest BCUT2D eigenvalue weighted by Gasteiger charge is 2.15. The Kier molecular flexibility index (Phi) is 5.00. The summed E-state index contributed by atoms with van der Waals surface area (Å²) in [4.78, 5) is 11.5. The van der Waals surface area contributed by atoms with Crippen molar-refractivity contribution in [3.63, 3.8) is 0 Å². The van der Waals surface area contributed by atoms with Crippen LogP contribution in [0.15, 0.2) is 42.5 Å². The summed E-state index contributed by atoms with van der Waals surface area (Å²) in [6.45, 7) is 2.01. The van der Waals surface area contributed by atoms with Crippen molar-refractivity contribution >= 4 is 28.4 Å². The van der Waals surface area contributed by atoms with Crippen LogP contribution in [-0.4, -0.2) is 12.9 Å². The van der Waals surface area contributed by atoms with E-state index < -0.39 is 0 Å². The normalized spacial score (nSPS) is 10.2. The molecule has 0 amide bonds. The lowest BCUT2D eigenvalue weighted by molar-refractivity contribution is 0.101. The molecule has 0 heterocycles. The lowest BCUT2D eigenvalue weighted by Gasteiger charge is -2.13. The Labute approximate surface area is 132 Å². The van der Waals surface area contributed by atoms with Crippen LogP contribution in [0.1, 0.15) is 22.8 Å². The zero-order valence-corrected chi connectivity index (χ0v) is 13.5. The maximum atomic E-state index is 11.5. The van der Waals surface area contributed by atoms with Crippen LogP contribution in [-0.2, 0) is 6.61 Å². The number of ether oxygens (including phenoxy) is 2. The molecule has 2 rings (SSSR count). The van der Waals surface area contributed by atoms with E-state index >= 15 is 0 Å². The molecule has 0 aromatic heterocycles.